The van der Waals surface area contributed by atoms with Crippen LogP contribution in [-0.4, -0.2) is 83.6 Å². The summed E-state index contributed by atoms with van der Waals surface area (Å²) in [5.74, 6) is -1.16. The number of thiazole rings is 1. The third-order valence-electron chi connectivity index (χ3n) is 12.5. The van der Waals surface area contributed by atoms with Gasteiger partial charge >= 0.3 is 0 Å². The summed E-state index contributed by atoms with van der Waals surface area (Å²) in [6, 6.07) is 13.7. The second-order valence-electron chi connectivity index (χ2n) is 17.2. The van der Waals surface area contributed by atoms with Gasteiger partial charge in [0.2, 0.25) is 21.8 Å². The van der Waals surface area contributed by atoms with E-state index in [1.807, 2.05) is 73.8 Å². The van der Waals surface area contributed by atoms with Gasteiger partial charge in [-0.3, -0.25) is 19.1 Å². The SMILES string of the molecule is C=C[C@@H]1C[C@]1(NC(=O)[C@@H]1C[C@@H]2CN1C(=O)[C@H]([C@@H](C)CC)Nc1nc(cs1)C(C)(C)CC=Cc1cc3c(cc(-c4ccccc4)nc3cc1OC)O2)C(=O)NS(=O)(=O)C1CC1. The quantitative estimate of drug-likeness (QED) is 0.148. The van der Waals surface area contributed by atoms with Crippen LogP contribution < -0.4 is 24.8 Å². The molecule has 3 amide bonds. The highest BCUT2D eigenvalue weighted by molar-refractivity contribution is 7.91. The first kappa shape index (κ1) is 41.5. The van der Waals surface area contributed by atoms with Crippen molar-refractivity contribution in [3.63, 3.8) is 0 Å². The Labute approximate surface area is 355 Å². The maximum absolute atomic E-state index is 15.0. The molecule has 2 aromatic heterocycles. The Morgan fingerprint density at radius 3 is 2.62 bits per heavy atom. The average Bonchev–Trinajstić information content (AvgIpc) is 4.12. The van der Waals surface area contributed by atoms with Crippen molar-refractivity contribution in [3.8, 4) is 22.8 Å². The molecule has 0 spiro atoms. The normalized spacial score (nSPS) is 25.4. The molecule has 1 saturated heterocycles. The van der Waals surface area contributed by atoms with Gasteiger partial charge in [0.1, 0.15) is 35.2 Å². The van der Waals surface area contributed by atoms with Gasteiger partial charge in [0.15, 0.2) is 5.13 Å². The van der Waals surface area contributed by atoms with Gasteiger partial charge in [0.25, 0.3) is 5.91 Å². The molecule has 13 nitrogen and oxygen atoms in total. The topological polar surface area (TPSA) is 169 Å². The van der Waals surface area contributed by atoms with E-state index >= 15 is 4.79 Å². The lowest BCUT2D eigenvalue weighted by molar-refractivity contribution is -0.141. The first-order valence-electron chi connectivity index (χ1n) is 20.6. The van der Waals surface area contributed by atoms with Gasteiger partial charge in [-0.2, -0.15) is 0 Å². The molecule has 60 heavy (non-hydrogen) atoms. The maximum Gasteiger partial charge on any atom is 0.259 e. The number of benzene rings is 2. The number of sulfonamides is 1. The molecule has 0 unspecified atom stereocenters. The highest BCUT2D eigenvalue weighted by Crippen LogP contribution is 2.46. The molecular weight excluding hydrogens is 801 g/mol. The number of methoxy groups -OCH3 is 1. The van der Waals surface area contributed by atoms with Gasteiger partial charge in [-0.15, -0.1) is 17.9 Å². The number of hydrogen-bond donors (Lipinski definition) is 3. The lowest BCUT2D eigenvalue weighted by Gasteiger charge is -2.32. The Kier molecular flexibility index (Phi) is 11.0. The lowest BCUT2D eigenvalue weighted by Crippen LogP contribution is -2.58. The molecule has 4 heterocycles. The third-order valence-corrected chi connectivity index (χ3v) is 15.1. The summed E-state index contributed by atoms with van der Waals surface area (Å²) < 4.78 is 40.8. The fourth-order valence-corrected chi connectivity index (χ4v) is 10.5. The number of carbonyl (C=O) groups excluding carboxylic acids is 3. The van der Waals surface area contributed by atoms with Gasteiger partial charge < -0.3 is 25.0 Å². The molecule has 2 aliphatic heterocycles. The van der Waals surface area contributed by atoms with Crippen LogP contribution >= 0.6 is 11.3 Å². The Balaban J connectivity index is 1.22. The van der Waals surface area contributed by atoms with Crippen LogP contribution in [0.1, 0.15) is 77.5 Å². The molecule has 15 heteroatoms. The van der Waals surface area contributed by atoms with E-state index in [4.69, 9.17) is 19.4 Å². The number of hydrogen-bond acceptors (Lipinski definition) is 11. The predicted octanol–water partition coefficient (Wildman–Crippen LogP) is 6.61. The highest BCUT2D eigenvalue weighted by atomic mass is 32.2. The van der Waals surface area contributed by atoms with E-state index in [0.29, 0.717) is 53.5 Å². The Morgan fingerprint density at radius 1 is 1.17 bits per heavy atom. The molecule has 8 rings (SSSR count). The van der Waals surface area contributed by atoms with Crippen molar-refractivity contribution in [3.05, 3.63) is 83.9 Å². The Morgan fingerprint density at radius 2 is 1.93 bits per heavy atom. The summed E-state index contributed by atoms with van der Waals surface area (Å²) in [4.78, 5) is 54.9. The van der Waals surface area contributed by atoms with Gasteiger partial charge in [0.05, 0.1) is 35.8 Å². The number of carbonyl (C=O) groups is 3. The summed E-state index contributed by atoms with van der Waals surface area (Å²) in [5.41, 5.74) is 2.03. The number of ether oxygens (including phenoxy) is 2. The standard InChI is InChI=1S/C45H52N6O7S2/c1-7-26(3)39-41(53)51-24-30(20-35(51)40(52)49-45(23-29(45)8-2)42(54)50-60(55,56)31-16-17-31)58-37-21-33(27-13-10-9-11-14-27)46-34-22-36(57-6)28(19-32(34)37)15-12-18-44(4,5)38-25-59-43(47-38)48-39/h8-15,19,21-22,25-26,29-31,35,39H,2,7,16-18,20,23-24H2,1,3-6H3,(H,47,48)(H,49,52)(H,50,54)/t26-,29+,30+,35-,39-,45+/m0/s1. The molecular formula is C45H52N6O7S2. The Bertz CT molecular complexity index is 2480. The second-order valence-corrected chi connectivity index (χ2v) is 20.0. The van der Waals surface area contributed by atoms with E-state index < -0.39 is 56.7 Å². The molecule has 6 atom stereocenters. The van der Waals surface area contributed by atoms with E-state index in [2.05, 4.69) is 41.9 Å². The van der Waals surface area contributed by atoms with Crippen molar-refractivity contribution in [1.29, 1.82) is 0 Å². The largest absolute Gasteiger partial charge is 0.496 e. The van der Waals surface area contributed by atoms with Crippen LogP contribution in [0.3, 0.4) is 0 Å². The zero-order chi connectivity index (χ0) is 42.6. The summed E-state index contributed by atoms with van der Waals surface area (Å²) >= 11 is 1.43. The number of rotatable bonds is 10. The molecule has 4 aromatic rings. The molecule has 0 radical (unpaired) electrons. The molecule has 2 aliphatic carbocycles. The number of anilines is 1. The first-order valence-corrected chi connectivity index (χ1v) is 23.0. The van der Waals surface area contributed by atoms with Gasteiger partial charge in [0, 0.05) is 51.8 Å². The van der Waals surface area contributed by atoms with Crippen LogP contribution in [0, 0.1) is 11.8 Å². The van der Waals surface area contributed by atoms with Gasteiger partial charge in [-0.25, -0.2) is 18.4 Å². The summed E-state index contributed by atoms with van der Waals surface area (Å²) in [7, 11) is -2.26. The number of amides is 3. The van der Waals surface area contributed by atoms with E-state index in [-0.39, 0.29) is 36.6 Å². The van der Waals surface area contributed by atoms with Crippen molar-refractivity contribution in [2.75, 3.05) is 19.0 Å². The van der Waals surface area contributed by atoms with Crippen molar-refractivity contribution in [2.24, 2.45) is 11.8 Å². The van der Waals surface area contributed by atoms with Crippen LogP contribution in [0.2, 0.25) is 0 Å². The monoisotopic (exact) mass is 852 g/mol. The Hall–Kier alpha value is -5.28. The van der Waals surface area contributed by atoms with Crippen molar-refractivity contribution >= 4 is 61.2 Å². The fraction of sp³-hybridized carbons (Fsp3) is 0.444. The molecule has 316 valence electrons. The number of aromatic nitrogens is 2. The van der Waals surface area contributed by atoms with Gasteiger partial charge in [-0.1, -0.05) is 82.7 Å². The number of allylic oxidation sites excluding steroid dienone is 1. The van der Waals surface area contributed by atoms with E-state index in [1.165, 1.54) is 11.3 Å². The molecule has 3 fully saturated rings. The number of fused-ring (bicyclic) bond motifs is 5. The minimum absolute atomic E-state index is 0.0647. The van der Waals surface area contributed by atoms with Crippen molar-refractivity contribution < 1.29 is 32.3 Å². The number of pyridine rings is 1. The third kappa shape index (κ3) is 8.01. The van der Waals surface area contributed by atoms with Crippen LogP contribution in [0.15, 0.2) is 72.6 Å². The summed E-state index contributed by atoms with van der Waals surface area (Å²) in [6.45, 7) is 12.2. The fourth-order valence-electron chi connectivity index (χ4n) is 8.21. The zero-order valence-corrected chi connectivity index (χ0v) is 36.2. The molecule has 3 N–H and O–H groups in total. The van der Waals surface area contributed by atoms with Crippen LogP contribution in [0.4, 0.5) is 5.13 Å². The summed E-state index contributed by atoms with van der Waals surface area (Å²) in [5, 5.41) is 9.05. The smallest absolute Gasteiger partial charge is 0.259 e. The van der Waals surface area contributed by atoms with Crippen LogP contribution in [-0.2, 0) is 29.8 Å². The van der Waals surface area contributed by atoms with Crippen LogP contribution in [0.25, 0.3) is 28.2 Å². The summed E-state index contributed by atoms with van der Waals surface area (Å²) in [6.07, 6.45) is 7.62. The highest BCUT2D eigenvalue weighted by Gasteiger charge is 2.62. The van der Waals surface area contributed by atoms with Gasteiger partial charge in [-0.05, 0) is 37.7 Å². The molecule has 4 aliphatic rings. The van der Waals surface area contributed by atoms with Crippen molar-refractivity contribution in [2.45, 2.75) is 101 Å². The minimum Gasteiger partial charge on any atom is -0.496 e. The molecule has 2 aromatic carbocycles. The lowest BCUT2D eigenvalue weighted by atomic mass is 9.86. The average molecular weight is 853 g/mol. The van der Waals surface area contributed by atoms with Crippen LogP contribution in [0.5, 0.6) is 11.5 Å². The predicted molar refractivity (Wildman–Crippen MR) is 233 cm³/mol. The number of nitrogens with zero attached hydrogens (tertiary/aromatic N) is 3. The molecule has 6 bridgehead atoms. The maximum atomic E-state index is 15.0. The van der Waals surface area contributed by atoms with E-state index in [9.17, 15) is 18.0 Å². The molecule has 2 saturated carbocycles. The van der Waals surface area contributed by atoms with Crippen molar-refractivity contribution in [1.82, 2.24) is 24.9 Å². The first-order chi connectivity index (χ1) is 28.7. The second kappa shape index (κ2) is 16.0. The minimum atomic E-state index is -3.89. The van der Waals surface area contributed by atoms with E-state index in [0.717, 1.165) is 22.2 Å². The van der Waals surface area contributed by atoms with E-state index in [1.54, 1.807) is 18.1 Å². The number of nitrogens with one attached hydrogen (secondary N) is 3. The zero-order valence-electron chi connectivity index (χ0n) is 34.6.